The molecule has 0 radical (unpaired) electrons. The van der Waals surface area contributed by atoms with Crippen LogP contribution < -0.4 is 0 Å². The smallest absolute Gasteiger partial charge is 0.262 e. The molecule has 0 aromatic heterocycles. The standard InChI is InChI=1S/C22H26N2O4S2/c1-27-15-23-19(25)22(30,14-18-11-7-4-8-12-18)24(16-28-2)20(26)21(23,29)13-17-9-5-3-6-10-17/h3-12,29-30H,13-16H2,1-2H3. The molecule has 0 spiro atoms. The van der Waals surface area contributed by atoms with Crippen LogP contribution in [0.4, 0.5) is 0 Å². The summed E-state index contributed by atoms with van der Waals surface area (Å²) < 4.78 is 10.6. The summed E-state index contributed by atoms with van der Waals surface area (Å²) in [4.78, 5) is 27.4. The maximum Gasteiger partial charge on any atom is 0.262 e. The van der Waals surface area contributed by atoms with Gasteiger partial charge in [0.05, 0.1) is 0 Å². The van der Waals surface area contributed by atoms with E-state index < -0.39 is 9.74 Å². The Bertz CT molecular complexity index is 810. The Morgan fingerprint density at radius 2 is 1.03 bits per heavy atom. The molecule has 0 bridgehead atoms. The fraction of sp³-hybridized carbons (Fsp3) is 0.364. The second kappa shape index (κ2) is 9.43. The molecule has 160 valence electrons. The van der Waals surface area contributed by atoms with Crippen LogP contribution in [0, 0.1) is 0 Å². The summed E-state index contributed by atoms with van der Waals surface area (Å²) in [5.41, 5.74) is 1.75. The van der Waals surface area contributed by atoms with E-state index in [9.17, 15) is 9.59 Å². The van der Waals surface area contributed by atoms with E-state index in [4.69, 9.17) is 34.7 Å². The van der Waals surface area contributed by atoms with Crippen molar-refractivity contribution in [2.75, 3.05) is 27.7 Å². The van der Waals surface area contributed by atoms with Gasteiger partial charge in [-0.3, -0.25) is 19.4 Å². The van der Waals surface area contributed by atoms with Crippen molar-refractivity contribution in [2.24, 2.45) is 0 Å². The molecule has 2 unspecified atom stereocenters. The molecule has 1 heterocycles. The van der Waals surface area contributed by atoms with Crippen molar-refractivity contribution in [3.8, 4) is 0 Å². The van der Waals surface area contributed by atoms with Gasteiger partial charge in [0.15, 0.2) is 9.74 Å². The normalized spacial score (nSPS) is 24.4. The molecular weight excluding hydrogens is 420 g/mol. The maximum absolute atomic E-state index is 13.7. The molecule has 2 aromatic carbocycles. The summed E-state index contributed by atoms with van der Waals surface area (Å²) in [6, 6.07) is 18.9. The van der Waals surface area contributed by atoms with Crippen molar-refractivity contribution >= 4 is 37.1 Å². The predicted molar refractivity (Wildman–Crippen MR) is 121 cm³/mol. The van der Waals surface area contributed by atoms with E-state index in [2.05, 4.69) is 0 Å². The number of benzene rings is 2. The Hall–Kier alpha value is -2.00. The van der Waals surface area contributed by atoms with Crippen molar-refractivity contribution in [1.29, 1.82) is 0 Å². The van der Waals surface area contributed by atoms with Crippen molar-refractivity contribution in [2.45, 2.75) is 22.6 Å². The highest BCUT2D eigenvalue weighted by atomic mass is 32.1. The molecule has 1 saturated heterocycles. The Morgan fingerprint density at radius 3 is 1.33 bits per heavy atom. The lowest BCUT2D eigenvalue weighted by Gasteiger charge is -2.53. The molecule has 2 amide bonds. The SMILES string of the molecule is COCN1C(=O)C(S)(Cc2ccccc2)N(COC)C(=O)C1(S)Cc1ccccc1. The Labute approximate surface area is 188 Å². The van der Waals surface area contributed by atoms with Crippen molar-refractivity contribution in [3.05, 3.63) is 71.8 Å². The molecular formula is C22H26N2O4S2. The Morgan fingerprint density at radius 1 is 0.700 bits per heavy atom. The molecule has 1 aliphatic heterocycles. The van der Waals surface area contributed by atoms with E-state index in [1.807, 2.05) is 60.7 Å². The fourth-order valence-corrected chi connectivity index (χ4v) is 4.59. The number of hydrogen-bond acceptors (Lipinski definition) is 6. The summed E-state index contributed by atoms with van der Waals surface area (Å²) in [5.74, 6) is -0.724. The van der Waals surface area contributed by atoms with Crippen LogP contribution in [-0.2, 0) is 31.9 Å². The van der Waals surface area contributed by atoms with Gasteiger partial charge in [0.1, 0.15) is 13.5 Å². The number of piperazine rings is 1. The highest BCUT2D eigenvalue weighted by Gasteiger charge is 2.60. The van der Waals surface area contributed by atoms with Gasteiger partial charge in [-0.15, -0.1) is 25.3 Å². The lowest BCUT2D eigenvalue weighted by atomic mass is 9.94. The second-order valence-corrected chi connectivity index (χ2v) is 8.74. The van der Waals surface area contributed by atoms with Crippen LogP contribution in [-0.4, -0.2) is 59.0 Å². The molecule has 8 heteroatoms. The first-order valence-electron chi connectivity index (χ1n) is 9.51. The number of amides is 2. The first-order valence-corrected chi connectivity index (χ1v) is 10.4. The largest absolute Gasteiger partial charge is 0.364 e. The highest BCUT2D eigenvalue weighted by Crippen LogP contribution is 2.41. The van der Waals surface area contributed by atoms with Crippen LogP contribution in [0.5, 0.6) is 0 Å². The number of rotatable bonds is 8. The minimum atomic E-state index is -1.43. The van der Waals surface area contributed by atoms with E-state index in [1.54, 1.807) is 0 Å². The first-order chi connectivity index (χ1) is 14.4. The lowest BCUT2D eigenvalue weighted by molar-refractivity contribution is -0.177. The summed E-state index contributed by atoms with van der Waals surface area (Å²) in [6.07, 6.45) is 0.445. The molecule has 1 aliphatic rings. The highest BCUT2D eigenvalue weighted by molar-refractivity contribution is 7.83. The number of methoxy groups -OCH3 is 2. The van der Waals surface area contributed by atoms with Crippen molar-refractivity contribution in [3.63, 3.8) is 0 Å². The van der Waals surface area contributed by atoms with Crippen LogP contribution in [0.15, 0.2) is 60.7 Å². The van der Waals surface area contributed by atoms with Gasteiger partial charge in [-0.05, 0) is 11.1 Å². The van der Waals surface area contributed by atoms with Gasteiger partial charge >= 0.3 is 0 Å². The van der Waals surface area contributed by atoms with Crippen molar-refractivity contribution in [1.82, 2.24) is 9.80 Å². The van der Waals surface area contributed by atoms with Gasteiger partial charge in [0, 0.05) is 27.1 Å². The fourth-order valence-electron chi connectivity index (χ4n) is 3.69. The van der Waals surface area contributed by atoms with E-state index in [0.29, 0.717) is 0 Å². The zero-order valence-corrected chi connectivity index (χ0v) is 18.8. The molecule has 2 aromatic rings. The van der Waals surface area contributed by atoms with Gasteiger partial charge in [-0.25, -0.2) is 0 Å². The molecule has 30 heavy (non-hydrogen) atoms. The molecule has 0 aliphatic carbocycles. The van der Waals surface area contributed by atoms with Crippen LogP contribution in [0.1, 0.15) is 11.1 Å². The number of ether oxygens (including phenoxy) is 2. The average molecular weight is 447 g/mol. The number of carbonyl (C=O) groups is 2. The number of nitrogens with zero attached hydrogens (tertiary/aromatic N) is 2. The molecule has 0 N–H and O–H groups in total. The number of hydrogen-bond donors (Lipinski definition) is 2. The van der Waals surface area contributed by atoms with Crippen LogP contribution in [0.3, 0.4) is 0 Å². The Balaban J connectivity index is 2.05. The van der Waals surface area contributed by atoms with Gasteiger partial charge < -0.3 is 9.47 Å². The third-order valence-electron chi connectivity index (χ3n) is 5.17. The van der Waals surface area contributed by atoms with E-state index in [1.165, 1.54) is 24.0 Å². The third kappa shape index (κ3) is 4.23. The zero-order valence-electron chi connectivity index (χ0n) is 17.0. The predicted octanol–water partition coefficient (Wildman–Crippen LogP) is 2.60. The average Bonchev–Trinajstić information content (AvgIpc) is 2.75. The van der Waals surface area contributed by atoms with E-state index >= 15 is 0 Å². The molecule has 6 nitrogen and oxygen atoms in total. The zero-order chi connectivity index (χ0) is 21.8. The summed E-state index contributed by atoms with van der Waals surface area (Å²) >= 11 is 9.49. The van der Waals surface area contributed by atoms with Gasteiger partial charge in [-0.1, -0.05) is 60.7 Å². The first kappa shape index (κ1) is 22.7. The lowest BCUT2D eigenvalue weighted by Crippen LogP contribution is -2.75. The monoisotopic (exact) mass is 446 g/mol. The van der Waals surface area contributed by atoms with Crippen LogP contribution in [0.25, 0.3) is 0 Å². The topological polar surface area (TPSA) is 59.1 Å². The number of carbonyl (C=O) groups excluding carboxylic acids is 2. The van der Waals surface area contributed by atoms with E-state index in [0.717, 1.165) is 11.1 Å². The number of thiol groups is 2. The summed E-state index contributed by atoms with van der Waals surface area (Å²) in [5, 5.41) is 0. The third-order valence-corrected chi connectivity index (χ3v) is 6.35. The van der Waals surface area contributed by atoms with Gasteiger partial charge in [-0.2, -0.15) is 0 Å². The van der Waals surface area contributed by atoms with Crippen LogP contribution >= 0.6 is 25.3 Å². The minimum absolute atomic E-state index is 0.0845. The Kier molecular flexibility index (Phi) is 7.13. The quantitative estimate of drug-likeness (QED) is 0.612. The summed E-state index contributed by atoms with van der Waals surface area (Å²) in [6.45, 7) is -0.169. The minimum Gasteiger partial charge on any atom is -0.364 e. The molecule has 0 saturated carbocycles. The van der Waals surface area contributed by atoms with Crippen LogP contribution in [0.2, 0.25) is 0 Å². The molecule has 1 fully saturated rings. The summed E-state index contributed by atoms with van der Waals surface area (Å²) in [7, 11) is 2.96. The van der Waals surface area contributed by atoms with Gasteiger partial charge in [0.25, 0.3) is 11.8 Å². The van der Waals surface area contributed by atoms with Crippen molar-refractivity contribution < 1.29 is 19.1 Å². The van der Waals surface area contributed by atoms with E-state index in [-0.39, 0.29) is 38.1 Å². The maximum atomic E-state index is 13.7. The molecule has 3 rings (SSSR count). The molecule has 2 atom stereocenters. The second-order valence-electron chi connectivity index (χ2n) is 7.26. The van der Waals surface area contributed by atoms with Gasteiger partial charge in [0.2, 0.25) is 0 Å².